The van der Waals surface area contributed by atoms with Crippen LogP contribution in [0.1, 0.15) is 27.9 Å². The summed E-state index contributed by atoms with van der Waals surface area (Å²) in [6.07, 6.45) is 3.54. The quantitative estimate of drug-likeness (QED) is 0.795. The van der Waals surface area contributed by atoms with Crippen molar-refractivity contribution >= 4 is 5.78 Å². The highest BCUT2D eigenvalue weighted by atomic mass is 16.1. The number of carbonyl (C=O) groups excluding carboxylic acids is 1. The summed E-state index contributed by atoms with van der Waals surface area (Å²) in [6, 6.07) is 6.22. The predicted octanol–water partition coefficient (Wildman–Crippen LogP) is 1.26. The summed E-state index contributed by atoms with van der Waals surface area (Å²) in [5.74, 6) is 0.247. The van der Waals surface area contributed by atoms with Crippen LogP contribution in [0.3, 0.4) is 0 Å². The standard InChI is InChI=1S/C15H20N2O/c1-17-8-7-16-14(10-17)15(18)13-6-5-11-3-2-4-12(11)9-13/h5-6,9,14,16H,2-4,7-8,10H2,1H3. The van der Waals surface area contributed by atoms with Gasteiger partial charge in [0.05, 0.1) is 6.04 Å². The first kappa shape index (κ1) is 11.9. The number of ketones is 1. The van der Waals surface area contributed by atoms with Crippen molar-refractivity contribution < 1.29 is 4.79 Å². The number of nitrogens with zero attached hydrogens (tertiary/aromatic N) is 1. The molecule has 0 saturated carbocycles. The molecule has 1 aromatic carbocycles. The highest BCUT2D eigenvalue weighted by Gasteiger charge is 2.25. The number of piperazine rings is 1. The number of rotatable bonds is 2. The molecule has 3 nitrogen and oxygen atoms in total. The van der Waals surface area contributed by atoms with Gasteiger partial charge in [-0.2, -0.15) is 0 Å². The number of hydrogen-bond donors (Lipinski definition) is 1. The van der Waals surface area contributed by atoms with E-state index < -0.39 is 0 Å². The van der Waals surface area contributed by atoms with Gasteiger partial charge in [0, 0.05) is 25.2 Å². The lowest BCUT2D eigenvalue weighted by molar-refractivity contribution is 0.0894. The SMILES string of the molecule is CN1CCNC(C(=O)c2ccc3c(c2)CCC3)C1. The molecular weight excluding hydrogens is 224 g/mol. The Kier molecular flexibility index (Phi) is 3.18. The van der Waals surface area contributed by atoms with Gasteiger partial charge in [0.15, 0.2) is 5.78 Å². The summed E-state index contributed by atoms with van der Waals surface area (Å²) in [5, 5.41) is 3.32. The zero-order valence-corrected chi connectivity index (χ0v) is 10.9. The first-order valence-corrected chi connectivity index (χ1v) is 6.82. The summed E-state index contributed by atoms with van der Waals surface area (Å²) in [5.41, 5.74) is 3.69. The van der Waals surface area contributed by atoms with Gasteiger partial charge >= 0.3 is 0 Å². The molecule has 1 heterocycles. The predicted molar refractivity (Wildman–Crippen MR) is 72.1 cm³/mol. The molecule has 0 bridgehead atoms. The van der Waals surface area contributed by atoms with E-state index in [0.717, 1.165) is 31.6 Å². The maximum absolute atomic E-state index is 12.5. The molecule has 3 rings (SSSR count). The highest BCUT2D eigenvalue weighted by Crippen LogP contribution is 2.23. The van der Waals surface area contributed by atoms with Gasteiger partial charge in [-0.1, -0.05) is 12.1 Å². The summed E-state index contributed by atoms with van der Waals surface area (Å²) >= 11 is 0. The maximum atomic E-state index is 12.5. The van der Waals surface area contributed by atoms with Crippen LogP contribution in [0, 0.1) is 0 Å². The van der Waals surface area contributed by atoms with Crippen molar-refractivity contribution in [3.05, 3.63) is 34.9 Å². The number of carbonyl (C=O) groups is 1. The van der Waals surface area contributed by atoms with Crippen molar-refractivity contribution in [1.29, 1.82) is 0 Å². The van der Waals surface area contributed by atoms with Crippen LogP contribution in [-0.2, 0) is 12.8 Å². The van der Waals surface area contributed by atoms with E-state index >= 15 is 0 Å². The molecule has 1 saturated heterocycles. The second-order valence-corrected chi connectivity index (χ2v) is 5.47. The number of nitrogens with one attached hydrogen (secondary N) is 1. The Morgan fingerprint density at radius 2 is 2.17 bits per heavy atom. The molecule has 1 aliphatic heterocycles. The number of benzene rings is 1. The zero-order chi connectivity index (χ0) is 12.5. The molecular formula is C15H20N2O. The topological polar surface area (TPSA) is 32.3 Å². The minimum absolute atomic E-state index is 0.0387. The highest BCUT2D eigenvalue weighted by molar-refractivity contribution is 6.00. The molecule has 2 aliphatic rings. The van der Waals surface area contributed by atoms with Gasteiger partial charge < -0.3 is 10.2 Å². The molecule has 1 fully saturated rings. The first-order valence-electron chi connectivity index (χ1n) is 6.82. The number of likely N-dealkylation sites (N-methyl/N-ethyl adjacent to an activating group) is 1. The fraction of sp³-hybridized carbons (Fsp3) is 0.533. The molecule has 0 aromatic heterocycles. The Labute approximate surface area is 108 Å². The van der Waals surface area contributed by atoms with E-state index in [9.17, 15) is 4.79 Å². The zero-order valence-electron chi connectivity index (χ0n) is 10.9. The first-order chi connectivity index (χ1) is 8.74. The minimum Gasteiger partial charge on any atom is -0.305 e. The average molecular weight is 244 g/mol. The van der Waals surface area contributed by atoms with Crippen LogP contribution in [0.15, 0.2) is 18.2 Å². The summed E-state index contributed by atoms with van der Waals surface area (Å²) < 4.78 is 0. The molecule has 96 valence electrons. The van der Waals surface area contributed by atoms with Crippen LogP contribution < -0.4 is 5.32 Å². The van der Waals surface area contributed by atoms with Gasteiger partial charge in [-0.3, -0.25) is 4.79 Å². The third-order valence-electron chi connectivity index (χ3n) is 4.08. The number of Topliss-reactive ketones (excluding diaryl/α,β-unsaturated/α-hetero) is 1. The van der Waals surface area contributed by atoms with E-state index in [0.29, 0.717) is 0 Å². The Morgan fingerprint density at radius 3 is 3.00 bits per heavy atom. The normalized spacial score (nSPS) is 23.9. The lowest BCUT2D eigenvalue weighted by atomic mass is 9.98. The van der Waals surface area contributed by atoms with E-state index in [1.807, 2.05) is 6.07 Å². The molecule has 1 atom stereocenters. The van der Waals surface area contributed by atoms with Gasteiger partial charge in [-0.25, -0.2) is 0 Å². The molecule has 18 heavy (non-hydrogen) atoms. The molecule has 0 radical (unpaired) electrons. The Bertz CT molecular complexity index is 470. The van der Waals surface area contributed by atoms with Gasteiger partial charge in [-0.15, -0.1) is 0 Å². The Morgan fingerprint density at radius 1 is 1.33 bits per heavy atom. The van der Waals surface area contributed by atoms with Crippen LogP contribution in [-0.4, -0.2) is 43.4 Å². The van der Waals surface area contributed by atoms with E-state index in [1.54, 1.807) is 0 Å². The molecule has 1 aliphatic carbocycles. The monoisotopic (exact) mass is 244 g/mol. The lowest BCUT2D eigenvalue weighted by Crippen LogP contribution is -2.52. The number of aryl methyl sites for hydroxylation is 2. The lowest BCUT2D eigenvalue weighted by Gasteiger charge is -2.30. The maximum Gasteiger partial charge on any atom is 0.181 e. The van der Waals surface area contributed by atoms with E-state index in [1.165, 1.54) is 24.0 Å². The van der Waals surface area contributed by atoms with Crippen LogP contribution in [0.2, 0.25) is 0 Å². The van der Waals surface area contributed by atoms with E-state index in [-0.39, 0.29) is 11.8 Å². The fourth-order valence-electron chi connectivity index (χ4n) is 3.00. The molecule has 0 amide bonds. The third-order valence-corrected chi connectivity index (χ3v) is 4.08. The molecule has 3 heteroatoms. The van der Waals surface area contributed by atoms with Crippen molar-refractivity contribution in [2.24, 2.45) is 0 Å². The second kappa shape index (κ2) is 4.82. The van der Waals surface area contributed by atoms with Gasteiger partial charge in [0.1, 0.15) is 0 Å². The Hall–Kier alpha value is -1.19. The largest absolute Gasteiger partial charge is 0.305 e. The van der Waals surface area contributed by atoms with E-state index in [4.69, 9.17) is 0 Å². The van der Waals surface area contributed by atoms with Gasteiger partial charge in [0.2, 0.25) is 0 Å². The summed E-state index contributed by atoms with van der Waals surface area (Å²) in [7, 11) is 2.07. The molecule has 1 unspecified atom stereocenters. The Balaban J connectivity index is 1.79. The van der Waals surface area contributed by atoms with E-state index in [2.05, 4.69) is 29.4 Å². The second-order valence-electron chi connectivity index (χ2n) is 5.47. The molecule has 1 N–H and O–H groups in total. The number of hydrogen-bond acceptors (Lipinski definition) is 3. The molecule has 1 aromatic rings. The van der Waals surface area contributed by atoms with Gasteiger partial charge in [-0.05, 0) is 43.5 Å². The average Bonchev–Trinajstić information content (AvgIpc) is 2.85. The molecule has 0 spiro atoms. The van der Waals surface area contributed by atoms with Crippen molar-refractivity contribution in [2.75, 3.05) is 26.7 Å². The summed E-state index contributed by atoms with van der Waals surface area (Å²) in [4.78, 5) is 14.7. The van der Waals surface area contributed by atoms with Crippen molar-refractivity contribution in [2.45, 2.75) is 25.3 Å². The fourth-order valence-corrected chi connectivity index (χ4v) is 3.00. The van der Waals surface area contributed by atoms with Crippen molar-refractivity contribution in [1.82, 2.24) is 10.2 Å². The van der Waals surface area contributed by atoms with Crippen LogP contribution in [0.4, 0.5) is 0 Å². The third kappa shape index (κ3) is 2.20. The van der Waals surface area contributed by atoms with Gasteiger partial charge in [0.25, 0.3) is 0 Å². The minimum atomic E-state index is -0.0387. The smallest absolute Gasteiger partial charge is 0.181 e. The van der Waals surface area contributed by atoms with Crippen molar-refractivity contribution in [3.8, 4) is 0 Å². The van der Waals surface area contributed by atoms with Crippen LogP contribution >= 0.6 is 0 Å². The van der Waals surface area contributed by atoms with Crippen molar-refractivity contribution in [3.63, 3.8) is 0 Å². The van der Waals surface area contributed by atoms with Crippen LogP contribution in [0.25, 0.3) is 0 Å². The van der Waals surface area contributed by atoms with Crippen LogP contribution in [0.5, 0.6) is 0 Å². The summed E-state index contributed by atoms with van der Waals surface area (Å²) in [6.45, 7) is 2.74. The number of fused-ring (bicyclic) bond motifs is 1.